The fourth-order valence-corrected chi connectivity index (χ4v) is 2.03. The summed E-state index contributed by atoms with van der Waals surface area (Å²) in [5, 5.41) is 27.0. The third-order valence-electron chi connectivity index (χ3n) is 3.18. The first-order chi connectivity index (χ1) is 10.7. The van der Waals surface area contributed by atoms with Crippen molar-refractivity contribution < 1.29 is 5.11 Å². The van der Waals surface area contributed by atoms with Crippen LogP contribution in [0.1, 0.15) is 35.1 Å². The largest absolute Gasteiger partial charge is 0.508 e. The van der Waals surface area contributed by atoms with Gasteiger partial charge in [0.2, 0.25) is 0 Å². The number of rotatable bonds is 3. The molecule has 3 nitrogen and oxygen atoms in total. The molecule has 2 aromatic rings. The quantitative estimate of drug-likeness (QED) is 0.693. The molecule has 0 aliphatic heterocycles. The minimum absolute atomic E-state index is 0.212. The summed E-state index contributed by atoms with van der Waals surface area (Å²) in [6, 6.07) is 16.5. The average Bonchev–Trinajstić information content (AvgIpc) is 2.55. The van der Waals surface area contributed by atoms with Gasteiger partial charge in [-0.05, 0) is 60.9 Å². The monoisotopic (exact) mass is 286 g/mol. The first-order valence-corrected chi connectivity index (χ1v) is 6.94. The van der Waals surface area contributed by atoms with Gasteiger partial charge in [-0.2, -0.15) is 10.5 Å². The highest BCUT2D eigenvalue weighted by atomic mass is 16.3. The summed E-state index contributed by atoms with van der Waals surface area (Å²) in [6.45, 7) is 0. The molecular formula is C19H14N2O. The van der Waals surface area contributed by atoms with E-state index in [1.807, 2.05) is 12.1 Å². The lowest BCUT2D eigenvalue weighted by Crippen LogP contribution is -1.92. The van der Waals surface area contributed by atoms with Gasteiger partial charge in [-0.3, -0.25) is 0 Å². The lowest BCUT2D eigenvalue weighted by Gasteiger charge is -2.03. The lowest BCUT2D eigenvalue weighted by atomic mass is 10.00. The van der Waals surface area contributed by atoms with Crippen LogP contribution in [-0.2, 0) is 6.42 Å². The molecule has 0 atom stereocenters. The van der Waals surface area contributed by atoms with Crippen molar-refractivity contribution in [3.05, 3.63) is 64.7 Å². The highest BCUT2D eigenvalue weighted by Crippen LogP contribution is 2.14. The number of nitriles is 2. The molecule has 0 aliphatic carbocycles. The molecule has 0 bridgehead atoms. The van der Waals surface area contributed by atoms with Crippen LogP contribution < -0.4 is 0 Å². The Hall–Kier alpha value is -3.22. The van der Waals surface area contributed by atoms with Crippen LogP contribution >= 0.6 is 0 Å². The van der Waals surface area contributed by atoms with Crippen LogP contribution in [0.5, 0.6) is 5.75 Å². The first-order valence-electron chi connectivity index (χ1n) is 6.94. The number of nitrogens with zero attached hydrogens (tertiary/aromatic N) is 2. The normalized spacial score (nSPS) is 9.18. The molecule has 3 heteroatoms. The number of aromatic hydroxyl groups is 1. The molecule has 0 saturated carbocycles. The van der Waals surface area contributed by atoms with Crippen molar-refractivity contribution in [1.29, 1.82) is 10.5 Å². The highest BCUT2D eigenvalue weighted by Gasteiger charge is 2.02. The Labute approximate surface area is 130 Å². The summed E-state index contributed by atoms with van der Waals surface area (Å²) in [4.78, 5) is 0. The maximum Gasteiger partial charge on any atom is 0.115 e. The van der Waals surface area contributed by atoms with Gasteiger partial charge in [0.15, 0.2) is 0 Å². The molecule has 22 heavy (non-hydrogen) atoms. The molecule has 0 amide bonds. The van der Waals surface area contributed by atoms with Crippen LogP contribution in [0.2, 0.25) is 0 Å². The van der Waals surface area contributed by atoms with E-state index in [1.165, 1.54) is 0 Å². The lowest BCUT2D eigenvalue weighted by molar-refractivity contribution is 0.475. The highest BCUT2D eigenvalue weighted by molar-refractivity contribution is 5.49. The number of unbranched alkanes of at least 4 members (excludes halogenated alkanes) is 1. The molecule has 0 aliphatic rings. The standard InChI is InChI=1S/C19H14N2O/c20-12-2-1-3-17-13-16(6-9-18(17)14-21)5-4-15-7-10-19(22)11-8-15/h6-11,13,22H,1-3H2. The second-order valence-electron chi connectivity index (χ2n) is 4.79. The number of hydrogen-bond donors (Lipinski definition) is 1. The summed E-state index contributed by atoms with van der Waals surface area (Å²) in [6.07, 6.45) is 1.92. The van der Waals surface area contributed by atoms with Gasteiger partial charge in [0.25, 0.3) is 0 Å². The van der Waals surface area contributed by atoms with Gasteiger partial charge in [0.1, 0.15) is 5.75 Å². The van der Waals surface area contributed by atoms with E-state index in [2.05, 4.69) is 24.0 Å². The molecule has 0 unspecified atom stereocenters. The predicted molar refractivity (Wildman–Crippen MR) is 83.8 cm³/mol. The van der Waals surface area contributed by atoms with E-state index < -0.39 is 0 Å². The Morgan fingerprint density at radius 2 is 1.59 bits per heavy atom. The molecule has 2 aromatic carbocycles. The second-order valence-corrected chi connectivity index (χ2v) is 4.79. The van der Waals surface area contributed by atoms with Crippen molar-refractivity contribution in [3.8, 4) is 29.7 Å². The summed E-state index contributed by atoms with van der Waals surface area (Å²) in [5.41, 5.74) is 3.20. The first kappa shape index (κ1) is 15.2. The Morgan fingerprint density at radius 1 is 0.909 bits per heavy atom. The van der Waals surface area contributed by atoms with Crippen molar-refractivity contribution in [2.45, 2.75) is 19.3 Å². The van der Waals surface area contributed by atoms with E-state index >= 15 is 0 Å². The number of hydrogen-bond acceptors (Lipinski definition) is 3. The SMILES string of the molecule is N#CCCCc1cc(C#Cc2ccc(O)cc2)ccc1C#N. The van der Waals surface area contributed by atoms with E-state index in [-0.39, 0.29) is 5.75 Å². The van der Waals surface area contributed by atoms with Crippen LogP contribution in [-0.4, -0.2) is 5.11 Å². The van der Waals surface area contributed by atoms with Crippen LogP contribution in [0, 0.1) is 34.5 Å². The number of phenols is 1. The summed E-state index contributed by atoms with van der Waals surface area (Å²) in [5.74, 6) is 6.29. The number of phenolic OH excluding ortho intramolecular Hbond substituents is 1. The van der Waals surface area contributed by atoms with Gasteiger partial charge >= 0.3 is 0 Å². The van der Waals surface area contributed by atoms with Crippen LogP contribution in [0.4, 0.5) is 0 Å². The van der Waals surface area contributed by atoms with E-state index in [4.69, 9.17) is 10.5 Å². The number of aryl methyl sites for hydroxylation is 1. The van der Waals surface area contributed by atoms with Crippen molar-refractivity contribution >= 4 is 0 Å². The summed E-state index contributed by atoms with van der Waals surface area (Å²) >= 11 is 0. The topological polar surface area (TPSA) is 67.8 Å². The van der Waals surface area contributed by atoms with Crippen molar-refractivity contribution in [3.63, 3.8) is 0 Å². The van der Waals surface area contributed by atoms with Crippen LogP contribution in [0.15, 0.2) is 42.5 Å². The predicted octanol–water partition coefficient (Wildman–Crippen LogP) is 3.51. The molecule has 106 valence electrons. The van der Waals surface area contributed by atoms with Crippen molar-refractivity contribution in [2.24, 2.45) is 0 Å². The molecule has 2 rings (SSSR count). The van der Waals surface area contributed by atoms with E-state index in [0.29, 0.717) is 18.4 Å². The van der Waals surface area contributed by atoms with Crippen molar-refractivity contribution in [2.75, 3.05) is 0 Å². The van der Waals surface area contributed by atoms with E-state index in [1.54, 1.807) is 30.3 Å². The molecule has 0 spiro atoms. The van der Waals surface area contributed by atoms with E-state index in [0.717, 1.165) is 23.1 Å². The zero-order valence-electron chi connectivity index (χ0n) is 12.0. The molecular weight excluding hydrogens is 272 g/mol. The maximum absolute atomic E-state index is 9.24. The number of benzene rings is 2. The van der Waals surface area contributed by atoms with Gasteiger partial charge in [0, 0.05) is 17.5 Å². The molecule has 0 saturated heterocycles. The molecule has 1 N–H and O–H groups in total. The van der Waals surface area contributed by atoms with Gasteiger partial charge < -0.3 is 5.11 Å². The fourth-order valence-electron chi connectivity index (χ4n) is 2.03. The zero-order chi connectivity index (χ0) is 15.8. The summed E-state index contributed by atoms with van der Waals surface area (Å²) < 4.78 is 0. The average molecular weight is 286 g/mol. The third-order valence-corrected chi connectivity index (χ3v) is 3.18. The van der Waals surface area contributed by atoms with Crippen LogP contribution in [0.25, 0.3) is 0 Å². The zero-order valence-corrected chi connectivity index (χ0v) is 12.0. The maximum atomic E-state index is 9.24. The van der Waals surface area contributed by atoms with Gasteiger partial charge in [0.05, 0.1) is 17.7 Å². The minimum atomic E-state index is 0.212. The molecule has 0 radical (unpaired) electrons. The molecule has 0 heterocycles. The Bertz CT molecular complexity index is 797. The van der Waals surface area contributed by atoms with E-state index in [9.17, 15) is 5.11 Å². The minimum Gasteiger partial charge on any atom is -0.508 e. The van der Waals surface area contributed by atoms with Crippen LogP contribution in [0.3, 0.4) is 0 Å². The van der Waals surface area contributed by atoms with Crippen molar-refractivity contribution in [1.82, 2.24) is 0 Å². The smallest absolute Gasteiger partial charge is 0.115 e. The molecule has 0 aromatic heterocycles. The fraction of sp³-hybridized carbons (Fsp3) is 0.158. The molecule has 0 fully saturated rings. The Balaban J connectivity index is 2.22. The van der Waals surface area contributed by atoms with Gasteiger partial charge in [-0.1, -0.05) is 11.8 Å². The summed E-state index contributed by atoms with van der Waals surface area (Å²) in [7, 11) is 0. The Morgan fingerprint density at radius 3 is 2.27 bits per heavy atom. The third kappa shape index (κ3) is 4.14. The Kier molecular flexibility index (Phi) is 5.20. The van der Waals surface area contributed by atoms with Gasteiger partial charge in [-0.15, -0.1) is 0 Å². The second kappa shape index (κ2) is 7.53. The van der Waals surface area contributed by atoms with Gasteiger partial charge in [-0.25, -0.2) is 0 Å².